The Morgan fingerprint density at radius 3 is 2.71 bits per heavy atom. The van der Waals surface area contributed by atoms with Crippen LogP contribution in [0.15, 0.2) is 15.8 Å². The fourth-order valence-electron chi connectivity index (χ4n) is 2.21. The van der Waals surface area contributed by atoms with Crippen molar-refractivity contribution in [2.24, 2.45) is 0 Å². The van der Waals surface area contributed by atoms with Crippen LogP contribution in [0.4, 0.5) is 4.39 Å². The van der Waals surface area contributed by atoms with E-state index in [1.165, 1.54) is 6.92 Å². The molecule has 1 aromatic rings. The fraction of sp³-hybridized carbons (Fsp3) is 0.583. The number of halogens is 1. The van der Waals surface area contributed by atoms with E-state index in [2.05, 4.69) is 0 Å². The summed E-state index contributed by atoms with van der Waals surface area (Å²) in [6.45, 7) is 0.162. The SMILES string of the molecule is CC(=O)Cn1c(=O)c(F)cn([C@H]2C[C@H](O)[C@@H](CO)O2)c1=O. The zero-order valence-electron chi connectivity index (χ0n) is 11.2. The summed E-state index contributed by atoms with van der Waals surface area (Å²) in [5, 5.41) is 18.6. The number of carbonyl (C=O) groups is 1. The number of aliphatic hydroxyl groups is 2. The average molecular weight is 302 g/mol. The molecule has 0 unspecified atom stereocenters. The second-order valence-electron chi connectivity index (χ2n) is 4.88. The third kappa shape index (κ3) is 2.94. The molecule has 1 aliphatic rings. The molecule has 2 rings (SSSR count). The highest BCUT2D eigenvalue weighted by Gasteiger charge is 2.35. The van der Waals surface area contributed by atoms with Crippen molar-refractivity contribution in [3.05, 3.63) is 32.9 Å². The van der Waals surface area contributed by atoms with Crippen molar-refractivity contribution in [2.75, 3.05) is 6.61 Å². The van der Waals surface area contributed by atoms with Gasteiger partial charge in [-0.25, -0.2) is 4.79 Å². The first kappa shape index (κ1) is 15.5. The maximum absolute atomic E-state index is 13.6. The Labute approximate surface area is 118 Å². The van der Waals surface area contributed by atoms with Crippen LogP contribution < -0.4 is 11.2 Å². The molecular weight excluding hydrogens is 287 g/mol. The molecule has 1 fully saturated rings. The zero-order chi connectivity index (χ0) is 15.7. The summed E-state index contributed by atoms with van der Waals surface area (Å²) in [7, 11) is 0. The van der Waals surface area contributed by atoms with Gasteiger partial charge in [-0.15, -0.1) is 0 Å². The molecule has 1 saturated heterocycles. The van der Waals surface area contributed by atoms with Gasteiger partial charge >= 0.3 is 5.69 Å². The normalized spacial score (nSPS) is 25.2. The molecule has 21 heavy (non-hydrogen) atoms. The number of hydrogen-bond acceptors (Lipinski definition) is 6. The summed E-state index contributed by atoms with van der Waals surface area (Å²) in [6.07, 6.45) is -2.28. The standard InChI is InChI=1S/C12H15FN2O6/c1-6(17)3-15-11(19)7(13)4-14(12(15)20)10-2-8(18)9(5-16)21-10/h4,8-10,16,18H,2-3,5H2,1H3/t8-,9+,10+/m0/s1. The van der Waals surface area contributed by atoms with Gasteiger partial charge in [-0.1, -0.05) is 0 Å². The van der Waals surface area contributed by atoms with E-state index in [9.17, 15) is 23.9 Å². The number of aliphatic hydroxyl groups excluding tert-OH is 2. The lowest BCUT2D eigenvalue weighted by Gasteiger charge is -2.16. The van der Waals surface area contributed by atoms with Crippen LogP contribution in [0.3, 0.4) is 0 Å². The van der Waals surface area contributed by atoms with Gasteiger partial charge in [0, 0.05) is 6.42 Å². The van der Waals surface area contributed by atoms with Crippen molar-refractivity contribution in [1.82, 2.24) is 9.13 Å². The van der Waals surface area contributed by atoms with E-state index in [4.69, 9.17) is 9.84 Å². The summed E-state index contributed by atoms with van der Waals surface area (Å²) >= 11 is 0. The van der Waals surface area contributed by atoms with E-state index < -0.39 is 54.4 Å². The van der Waals surface area contributed by atoms with Crippen LogP contribution in [0, 0.1) is 5.82 Å². The summed E-state index contributed by atoms with van der Waals surface area (Å²) < 4.78 is 20.1. The van der Waals surface area contributed by atoms with E-state index in [0.717, 1.165) is 4.57 Å². The zero-order valence-corrected chi connectivity index (χ0v) is 11.2. The van der Waals surface area contributed by atoms with Gasteiger partial charge < -0.3 is 14.9 Å². The molecule has 116 valence electrons. The minimum atomic E-state index is -1.21. The molecular formula is C12H15FN2O6. The summed E-state index contributed by atoms with van der Waals surface area (Å²) in [4.78, 5) is 34.8. The lowest BCUT2D eigenvalue weighted by atomic mass is 10.2. The minimum absolute atomic E-state index is 0.0388. The van der Waals surface area contributed by atoms with Gasteiger partial charge in [0.2, 0.25) is 5.82 Å². The highest BCUT2D eigenvalue weighted by molar-refractivity contribution is 5.75. The van der Waals surface area contributed by atoms with Crippen LogP contribution in [-0.2, 0) is 16.1 Å². The van der Waals surface area contributed by atoms with Crippen LogP contribution in [0.1, 0.15) is 19.6 Å². The number of nitrogens with zero attached hydrogens (tertiary/aromatic N) is 2. The summed E-state index contributed by atoms with van der Waals surface area (Å²) in [5.41, 5.74) is -2.10. The number of ketones is 1. The summed E-state index contributed by atoms with van der Waals surface area (Å²) in [5.74, 6) is -1.69. The molecule has 0 saturated carbocycles. The van der Waals surface area contributed by atoms with E-state index in [-0.39, 0.29) is 6.42 Å². The predicted molar refractivity (Wildman–Crippen MR) is 67.2 cm³/mol. The van der Waals surface area contributed by atoms with Crippen LogP contribution >= 0.6 is 0 Å². The first-order chi connectivity index (χ1) is 9.85. The highest BCUT2D eigenvalue weighted by atomic mass is 19.1. The van der Waals surface area contributed by atoms with Crippen molar-refractivity contribution < 1.29 is 24.1 Å². The maximum Gasteiger partial charge on any atom is 0.333 e. The molecule has 0 radical (unpaired) electrons. The van der Waals surface area contributed by atoms with Crippen molar-refractivity contribution >= 4 is 5.78 Å². The first-order valence-corrected chi connectivity index (χ1v) is 6.30. The van der Waals surface area contributed by atoms with E-state index in [1.807, 2.05) is 0 Å². The molecule has 1 aromatic heterocycles. The molecule has 9 heteroatoms. The molecule has 0 spiro atoms. The van der Waals surface area contributed by atoms with Crippen LogP contribution in [0.2, 0.25) is 0 Å². The lowest BCUT2D eigenvalue weighted by molar-refractivity contribution is -0.117. The van der Waals surface area contributed by atoms with Gasteiger partial charge in [0.1, 0.15) is 18.1 Å². The minimum Gasteiger partial charge on any atom is -0.394 e. The lowest BCUT2D eigenvalue weighted by Crippen LogP contribution is -2.43. The van der Waals surface area contributed by atoms with E-state index in [1.54, 1.807) is 0 Å². The first-order valence-electron chi connectivity index (χ1n) is 6.30. The third-order valence-electron chi connectivity index (χ3n) is 3.23. The predicted octanol–water partition coefficient (Wildman–Crippen LogP) is -1.62. The van der Waals surface area contributed by atoms with Crippen molar-refractivity contribution in [2.45, 2.75) is 38.3 Å². The topological polar surface area (TPSA) is 111 Å². The van der Waals surface area contributed by atoms with Gasteiger partial charge in [-0.3, -0.25) is 18.7 Å². The molecule has 0 aromatic carbocycles. The highest BCUT2D eigenvalue weighted by Crippen LogP contribution is 2.27. The Kier molecular flexibility index (Phi) is 4.35. The molecule has 0 aliphatic carbocycles. The van der Waals surface area contributed by atoms with Crippen LogP contribution in [0.5, 0.6) is 0 Å². The van der Waals surface area contributed by atoms with Gasteiger partial charge in [0.05, 0.1) is 25.5 Å². The molecule has 0 bridgehead atoms. The fourth-order valence-corrected chi connectivity index (χ4v) is 2.21. The summed E-state index contributed by atoms with van der Waals surface area (Å²) in [6, 6.07) is 0. The number of rotatable bonds is 4. The van der Waals surface area contributed by atoms with Crippen LogP contribution in [-0.4, -0.2) is 43.9 Å². The third-order valence-corrected chi connectivity index (χ3v) is 3.23. The smallest absolute Gasteiger partial charge is 0.333 e. The Balaban J connectivity index is 2.46. The Morgan fingerprint density at radius 2 is 2.19 bits per heavy atom. The average Bonchev–Trinajstić information content (AvgIpc) is 2.79. The monoisotopic (exact) mass is 302 g/mol. The number of carbonyl (C=O) groups excluding carboxylic acids is 1. The quantitative estimate of drug-likeness (QED) is 0.691. The molecule has 0 amide bonds. The van der Waals surface area contributed by atoms with Crippen molar-refractivity contribution in [1.29, 1.82) is 0 Å². The van der Waals surface area contributed by atoms with Gasteiger partial charge in [0.25, 0.3) is 5.56 Å². The number of hydrogen-bond donors (Lipinski definition) is 2. The second kappa shape index (κ2) is 5.88. The molecule has 2 heterocycles. The largest absolute Gasteiger partial charge is 0.394 e. The Hall–Kier alpha value is -1.84. The molecule has 8 nitrogen and oxygen atoms in total. The van der Waals surface area contributed by atoms with E-state index >= 15 is 0 Å². The van der Waals surface area contributed by atoms with Gasteiger partial charge in [-0.2, -0.15) is 4.39 Å². The molecule has 2 N–H and O–H groups in total. The number of ether oxygens (including phenoxy) is 1. The van der Waals surface area contributed by atoms with E-state index in [0.29, 0.717) is 10.8 Å². The van der Waals surface area contributed by atoms with Gasteiger partial charge in [0.15, 0.2) is 0 Å². The van der Waals surface area contributed by atoms with Gasteiger partial charge in [-0.05, 0) is 6.92 Å². The van der Waals surface area contributed by atoms with Crippen LogP contribution in [0.25, 0.3) is 0 Å². The molecule has 3 atom stereocenters. The second-order valence-corrected chi connectivity index (χ2v) is 4.88. The number of aromatic nitrogens is 2. The maximum atomic E-state index is 13.6. The molecule has 1 aliphatic heterocycles. The van der Waals surface area contributed by atoms with Crippen molar-refractivity contribution in [3.8, 4) is 0 Å². The van der Waals surface area contributed by atoms with Crippen molar-refractivity contribution in [3.63, 3.8) is 0 Å². The Morgan fingerprint density at radius 1 is 1.52 bits per heavy atom. The Bertz CT molecular complexity index is 667. The number of Topliss-reactive ketones (excluding diaryl/α,β-unsaturated/α-hetero) is 1.